The van der Waals surface area contributed by atoms with E-state index in [0.717, 1.165) is 38.9 Å². The largest absolute Gasteiger partial charge is 0.305 e. The van der Waals surface area contributed by atoms with Gasteiger partial charge in [0, 0.05) is 19.6 Å². The Morgan fingerprint density at radius 2 is 1.85 bits per heavy atom. The summed E-state index contributed by atoms with van der Waals surface area (Å²) in [5, 5.41) is 0. The number of nitrogens with zero attached hydrogens (tertiary/aromatic N) is 2. The van der Waals surface area contributed by atoms with Gasteiger partial charge in [0.2, 0.25) is 0 Å². The molecule has 0 bridgehead atoms. The number of aldehydes is 1. The van der Waals surface area contributed by atoms with Crippen LogP contribution in [0.5, 0.6) is 0 Å². The molecule has 1 aliphatic rings. The van der Waals surface area contributed by atoms with Crippen molar-refractivity contribution in [2.24, 2.45) is 0 Å². The van der Waals surface area contributed by atoms with Crippen LogP contribution in [0.15, 0.2) is 0 Å². The fourth-order valence-electron chi connectivity index (χ4n) is 1.70. The van der Waals surface area contributed by atoms with E-state index in [1.807, 2.05) is 13.8 Å². The Morgan fingerprint density at radius 3 is 2.46 bits per heavy atom. The summed E-state index contributed by atoms with van der Waals surface area (Å²) in [4.78, 5) is 15.5. The lowest BCUT2D eigenvalue weighted by atomic mass is 10.1. The molecule has 0 amide bonds. The second-order valence-electron chi connectivity index (χ2n) is 4.42. The van der Waals surface area contributed by atoms with Crippen molar-refractivity contribution in [2.75, 3.05) is 33.2 Å². The van der Waals surface area contributed by atoms with E-state index in [-0.39, 0.29) is 5.54 Å². The van der Waals surface area contributed by atoms with Gasteiger partial charge >= 0.3 is 0 Å². The molecule has 3 heteroatoms. The number of likely N-dealkylation sites (N-methyl/N-ethyl adjacent to an activating group) is 1. The molecule has 0 N–H and O–H groups in total. The van der Waals surface area contributed by atoms with Crippen LogP contribution in [0, 0.1) is 0 Å². The van der Waals surface area contributed by atoms with Crippen molar-refractivity contribution in [3.05, 3.63) is 0 Å². The zero-order chi connectivity index (χ0) is 9.90. The normalized spacial score (nSPS) is 22.7. The van der Waals surface area contributed by atoms with Crippen molar-refractivity contribution < 1.29 is 4.79 Å². The fourth-order valence-corrected chi connectivity index (χ4v) is 1.70. The SMILES string of the molecule is CN1CCCN(C(C)(C)C=O)CC1. The lowest BCUT2D eigenvalue weighted by Crippen LogP contribution is -2.46. The van der Waals surface area contributed by atoms with E-state index in [1.54, 1.807) is 0 Å². The summed E-state index contributed by atoms with van der Waals surface area (Å²) in [5.41, 5.74) is -0.287. The first-order valence-electron chi connectivity index (χ1n) is 4.96. The average Bonchev–Trinajstić information content (AvgIpc) is 2.30. The maximum absolute atomic E-state index is 10.9. The van der Waals surface area contributed by atoms with Crippen molar-refractivity contribution in [3.8, 4) is 0 Å². The molecule has 1 fully saturated rings. The Labute approximate surface area is 80.7 Å². The summed E-state index contributed by atoms with van der Waals surface area (Å²) in [7, 11) is 2.14. The molecule has 0 unspecified atom stereocenters. The number of hydrogen-bond acceptors (Lipinski definition) is 3. The van der Waals surface area contributed by atoms with Gasteiger partial charge in [0.1, 0.15) is 6.29 Å². The second kappa shape index (κ2) is 4.20. The van der Waals surface area contributed by atoms with Crippen LogP contribution in [0.1, 0.15) is 20.3 Å². The average molecular weight is 184 g/mol. The Hall–Kier alpha value is -0.410. The minimum absolute atomic E-state index is 0.287. The predicted octanol–water partition coefficient (Wildman–Crippen LogP) is 0.601. The first-order chi connectivity index (χ1) is 6.06. The van der Waals surface area contributed by atoms with E-state index in [1.165, 1.54) is 0 Å². The van der Waals surface area contributed by atoms with Crippen molar-refractivity contribution >= 4 is 6.29 Å². The quantitative estimate of drug-likeness (QED) is 0.587. The smallest absolute Gasteiger partial charge is 0.139 e. The van der Waals surface area contributed by atoms with Crippen molar-refractivity contribution in [1.82, 2.24) is 9.80 Å². The summed E-state index contributed by atoms with van der Waals surface area (Å²) >= 11 is 0. The Kier molecular flexibility index (Phi) is 3.45. The van der Waals surface area contributed by atoms with Gasteiger partial charge in [0.15, 0.2) is 0 Å². The third-order valence-electron chi connectivity index (χ3n) is 2.82. The number of carbonyl (C=O) groups is 1. The zero-order valence-corrected chi connectivity index (χ0v) is 8.92. The van der Waals surface area contributed by atoms with Gasteiger partial charge in [-0.3, -0.25) is 4.90 Å². The minimum atomic E-state index is -0.287. The van der Waals surface area contributed by atoms with Gasteiger partial charge in [-0.15, -0.1) is 0 Å². The number of rotatable bonds is 2. The van der Waals surface area contributed by atoms with Crippen LogP contribution < -0.4 is 0 Å². The molecular weight excluding hydrogens is 164 g/mol. The minimum Gasteiger partial charge on any atom is -0.305 e. The topological polar surface area (TPSA) is 23.6 Å². The zero-order valence-electron chi connectivity index (χ0n) is 8.92. The van der Waals surface area contributed by atoms with E-state index in [0.29, 0.717) is 0 Å². The summed E-state index contributed by atoms with van der Waals surface area (Å²) in [6, 6.07) is 0. The van der Waals surface area contributed by atoms with Gasteiger partial charge in [0.05, 0.1) is 5.54 Å². The third kappa shape index (κ3) is 2.78. The van der Waals surface area contributed by atoms with E-state index < -0.39 is 0 Å². The highest BCUT2D eigenvalue weighted by atomic mass is 16.1. The third-order valence-corrected chi connectivity index (χ3v) is 2.82. The Morgan fingerprint density at radius 1 is 1.15 bits per heavy atom. The van der Waals surface area contributed by atoms with E-state index in [4.69, 9.17) is 0 Å². The van der Waals surface area contributed by atoms with Gasteiger partial charge < -0.3 is 9.69 Å². The lowest BCUT2D eigenvalue weighted by molar-refractivity contribution is -0.116. The van der Waals surface area contributed by atoms with Crippen LogP contribution >= 0.6 is 0 Å². The van der Waals surface area contributed by atoms with Gasteiger partial charge in [-0.05, 0) is 33.9 Å². The first-order valence-corrected chi connectivity index (χ1v) is 4.96. The molecule has 0 saturated carbocycles. The fraction of sp³-hybridized carbons (Fsp3) is 0.900. The van der Waals surface area contributed by atoms with E-state index in [2.05, 4.69) is 16.8 Å². The van der Waals surface area contributed by atoms with Gasteiger partial charge in [-0.25, -0.2) is 0 Å². The molecule has 0 aromatic rings. The molecule has 0 aliphatic carbocycles. The van der Waals surface area contributed by atoms with Crippen LogP contribution in [-0.4, -0.2) is 54.9 Å². The number of carbonyl (C=O) groups excluding carboxylic acids is 1. The highest BCUT2D eigenvalue weighted by Gasteiger charge is 2.26. The molecule has 1 saturated heterocycles. The molecule has 1 rings (SSSR count). The van der Waals surface area contributed by atoms with Crippen LogP contribution in [0.2, 0.25) is 0 Å². The molecule has 1 aliphatic heterocycles. The molecule has 76 valence electrons. The van der Waals surface area contributed by atoms with Crippen LogP contribution in [0.25, 0.3) is 0 Å². The molecular formula is C10H20N2O. The van der Waals surface area contributed by atoms with E-state index >= 15 is 0 Å². The summed E-state index contributed by atoms with van der Waals surface area (Å²) < 4.78 is 0. The van der Waals surface area contributed by atoms with Gasteiger partial charge in [0.25, 0.3) is 0 Å². The Bertz CT molecular complexity index is 180. The molecule has 0 aromatic carbocycles. The van der Waals surface area contributed by atoms with Crippen molar-refractivity contribution in [1.29, 1.82) is 0 Å². The molecule has 0 spiro atoms. The maximum Gasteiger partial charge on any atom is 0.139 e. The second-order valence-corrected chi connectivity index (χ2v) is 4.42. The lowest BCUT2D eigenvalue weighted by Gasteiger charge is -2.32. The summed E-state index contributed by atoms with van der Waals surface area (Å²) in [5.74, 6) is 0. The van der Waals surface area contributed by atoms with Crippen LogP contribution in [-0.2, 0) is 4.79 Å². The molecule has 1 heterocycles. The molecule has 3 nitrogen and oxygen atoms in total. The number of hydrogen-bond donors (Lipinski definition) is 0. The highest BCUT2D eigenvalue weighted by Crippen LogP contribution is 2.13. The van der Waals surface area contributed by atoms with Crippen molar-refractivity contribution in [3.63, 3.8) is 0 Å². The first kappa shape index (κ1) is 10.7. The monoisotopic (exact) mass is 184 g/mol. The van der Waals surface area contributed by atoms with Crippen LogP contribution in [0.4, 0.5) is 0 Å². The summed E-state index contributed by atoms with van der Waals surface area (Å²) in [6.07, 6.45) is 2.21. The van der Waals surface area contributed by atoms with Crippen LogP contribution in [0.3, 0.4) is 0 Å². The molecule has 0 atom stereocenters. The Balaban J connectivity index is 2.55. The molecule has 13 heavy (non-hydrogen) atoms. The highest BCUT2D eigenvalue weighted by molar-refractivity contribution is 5.62. The maximum atomic E-state index is 10.9. The molecule has 0 aromatic heterocycles. The van der Waals surface area contributed by atoms with Gasteiger partial charge in [-0.2, -0.15) is 0 Å². The van der Waals surface area contributed by atoms with Gasteiger partial charge in [-0.1, -0.05) is 0 Å². The predicted molar refractivity (Wildman–Crippen MR) is 53.8 cm³/mol. The standard InChI is InChI=1S/C10H20N2O/c1-10(2,9-13)12-6-4-5-11(3)7-8-12/h9H,4-8H2,1-3H3. The van der Waals surface area contributed by atoms with E-state index in [9.17, 15) is 4.79 Å². The van der Waals surface area contributed by atoms with Crippen molar-refractivity contribution in [2.45, 2.75) is 25.8 Å². The summed E-state index contributed by atoms with van der Waals surface area (Å²) in [6.45, 7) is 8.23. The molecule has 0 radical (unpaired) electrons.